The predicted molar refractivity (Wildman–Crippen MR) is 72.7 cm³/mol. The number of hydrogen-bond donors (Lipinski definition) is 1. The summed E-state index contributed by atoms with van der Waals surface area (Å²) >= 11 is 3.12. The van der Waals surface area contributed by atoms with Crippen LogP contribution >= 0.6 is 15.9 Å². The Morgan fingerprint density at radius 3 is 2.83 bits per heavy atom. The molecule has 0 bridgehead atoms. The molecule has 100 valence electrons. The third-order valence-electron chi connectivity index (χ3n) is 3.11. The van der Waals surface area contributed by atoms with E-state index in [1.807, 2.05) is 6.92 Å². The van der Waals surface area contributed by atoms with Crippen LogP contribution in [0.1, 0.15) is 24.9 Å². The highest BCUT2D eigenvalue weighted by atomic mass is 79.9. The number of rotatable bonds is 1. The van der Waals surface area contributed by atoms with Gasteiger partial charge < -0.3 is 5.32 Å². The van der Waals surface area contributed by atoms with E-state index < -0.39 is 9.84 Å². The third-order valence-corrected chi connectivity index (χ3v) is 5.42. The van der Waals surface area contributed by atoms with Gasteiger partial charge in [0.15, 0.2) is 9.84 Å². The normalized spacial score (nSPS) is 27.7. The topological polar surface area (TPSA) is 46.2 Å². The van der Waals surface area contributed by atoms with E-state index in [1.165, 1.54) is 6.07 Å². The molecule has 1 aliphatic heterocycles. The molecule has 6 heteroatoms. The summed E-state index contributed by atoms with van der Waals surface area (Å²) in [5, 5.41) is 3.27. The first-order valence-corrected chi connectivity index (χ1v) is 8.40. The SMILES string of the molecule is CC1CCS(=O)(=O)CC(c2ccc(F)c(Br)c2)N1. The first-order valence-electron chi connectivity index (χ1n) is 5.79. The van der Waals surface area contributed by atoms with Crippen LogP contribution in [0.2, 0.25) is 0 Å². The van der Waals surface area contributed by atoms with Crippen molar-refractivity contribution < 1.29 is 12.8 Å². The molecular formula is C12H15BrFNO2S. The van der Waals surface area contributed by atoms with Gasteiger partial charge in [0, 0.05) is 12.1 Å². The maximum atomic E-state index is 13.2. The van der Waals surface area contributed by atoms with Crippen LogP contribution in [0.5, 0.6) is 0 Å². The van der Waals surface area contributed by atoms with E-state index in [4.69, 9.17) is 0 Å². The molecule has 0 radical (unpaired) electrons. The van der Waals surface area contributed by atoms with E-state index in [-0.39, 0.29) is 29.4 Å². The van der Waals surface area contributed by atoms with Crippen LogP contribution in [0.4, 0.5) is 4.39 Å². The second-order valence-corrected chi connectivity index (χ2v) is 7.78. The number of hydrogen-bond acceptors (Lipinski definition) is 3. The minimum absolute atomic E-state index is 0.0649. The lowest BCUT2D eigenvalue weighted by Gasteiger charge is -2.19. The fourth-order valence-electron chi connectivity index (χ4n) is 2.09. The van der Waals surface area contributed by atoms with Gasteiger partial charge in [-0.1, -0.05) is 6.07 Å². The quantitative estimate of drug-likeness (QED) is 0.857. The average Bonchev–Trinajstić information content (AvgIpc) is 2.42. The molecule has 1 saturated heterocycles. The molecule has 0 aliphatic carbocycles. The Morgan fingerprint density at radius 1 is 1.44 bits per heavy atom. The standard InChI is InChI=1S/C12H15BrFNO2S/c1-8-4-5-18(16,17)7-12(15-8)9-2-3-11(14)10(13)6-9/h2-3,6,8,12,15H,4-5,7H2,1H3. The van der Waals surface area contributed by atoms with Gasteiger partial charge in [0.05, 0.1) is 16.0 Å². The van der Waals surface area contributed by atoms with Gasteiger partial charge >= 0.3 is 0 Å². The molecule has 2 unspecified atom stereocenters. The van der Waals surface area contributed by atoms with Gasteiger partial charge in [0.1, 0.15) is 5.82 Å². The Hall–Kier alpha value is -0.460. The molecule has 1 aliphatic rings. The molecule has 0 spiro atoms. The van der Waals surface area contributed by atoms with Crippen molar-refractivity contribution in [2.75, 3.05) is 11.5 Å². The molecule has 3 nitrogen and oxygen atoms in total. The molecule has 1 heterocycles. The minimum atomic E-state index is -3.04. The van der Waals surface area contributed by atoms with E-state index in [0.29, 0.717) is 10.9 Å². The van der Waals surface area contributed by atoms with Crippen molar-refractivity contribution in [1.82, 2.24) is 5.32 Å². The van der Waals surface area contributed by atoms with Crippen LogP contribution in [0.15, 0.2) is 22.7 Å². The van der Waals surface area contributed by atoms with Gasteiger partial charge in [0.25, 0.3) is 0 Å². The third kappa shape index (κ3) is 3.30. The van der Waals surface area contributed by atoms with Gasteiger partial charge in [-0.2, -0.15) is 0 Å². The smallest absolute Gasteiger partial charge is 0.152 e. The zero-order valence-electron chi connectivity index (χ0n) is 9.99. The summed E-state index contributed by atoms with van der Waals surface area (Å²) in [6.07, 6.45) is 0.612. The predicted octanol–water partition coefficient (Wildman–Crippen LogP) is 2.43. The van der Waals surface area contributed by atoms with Crippen LogP contribution in [-0.2, 0) is 9.84 Å². The van der Waals surface area contributed by atoms with Crippen molar-refractivity contribution in [2.24, 2.45) is 0 Å². The molecule has 2 atom stereocenters. The van der Waals surface area contributed by atoms with E-state index in [2.05, 4.69) is 21.2 Å². The van der Waals surface area contributed by atoms with Crippen molar-refractivity contribution >= 4 is 25.8 Å². The highest BCUT2D eigenvalue weighted by Crippen LogP contribution is 2.25. The zero-order valence-corrected chi connectivity index (χ0v) is 12.4. The second kappa shape index (κ2) is 5.27. The van der Waals surface area contributed by atoms with Crippen LogP contribution < -0.4 is 5.32 Å². The summed E-state index contributed by atoms with van der Waals surface area (Å²) in [6, 6.07) is 4.48. The largest absolute Gasteiger partial charge is 0.307 e. The fraction of sp³-hybridized carbons (Fsp3) is 0.500. The lowest BCUT2D eigenvalue weighted by atomic mass is 10.1. The molecular weight excluding hydrogens is 321 g/mol. The minimum Gasteiger partial charge on any atom is -0.307 e. The Bertz CT molecular complexity index is 547. The van der Waals surface area contributed by atoms with E-state index in [1.54, 1.807) is 12.1 Å². The molecule has 2 rings (SSSR count). The molecule has 0 aromatic heterocycles. The van der Waals surface area contributed by atoms with Gasteiger partial charge in [-0.25, -0.2) is 12.8 Å². The lowest BCUT2D eigenvalue weighted by molar-refractivity contribution is 0.483. The second-order valence-electron chi connectivity index (χ2n) is 4.70. The average molecular weight is 336 g/mol. The molecule has 0 saturated carbocycles. The lowest BCUT2D eigenvalue weighted by Crippen LogP contribution is -2.31. The van der Waals surface area contributed by atoms with E-state index >= 15 is 0 Å². The molecule has 0 amide bonds. The Kier molecular flexibility index (Phi) is 4.08. The first kappa shape index (κ1) is 14.0. The summed E-state index contributed by atoms with van der Waals surface area (Å²) in [5.41, 5.74) is 0.792. The highest BCUT2D eigenvalue weighted by molar-refractivity contribution is 9.10. The summed E-state index contributed by atoms with van der Waals surface area (Å²) < 4.78 is 37.2. The van der Waals surface area contributed by atoms with Crippen molar-refractivity contribution in [2.45, 2.75) is 25.4 Å². The Labute approximate surface area is 115 Å². The van der Waals surface area contributed by atoms with Gasteiger partial charge in [0.2, 0.25) is 0 Å². The number of benzene rings is 1. The van der Waals surface area contributed by atoms with Crippen LogP contribution in [0.3, 0.4) is 0 Å². The van der Waals surface area contributed by atoms with E-state index in [9.17, 15) is 12.8 Å². The Morgan fingerprint density at radius 2 is 2.17 bits per heavy atom. The summed E-state index contributed by atoms with van der Waals surface area (Å²) in [5.74, 6) is -0.0709. The molecule has 1 aromatic rings. The molecule has 1 N–H and O–H groups in total. The number of halogens is 2. The van der Waals surface area contributed by atoms with Crippen LogP contribution in [0, 0.1) is 5.82 Å². The van der Waals surface area contributed by atoms with Gasteiger partial charge in [-0.3, -0.25) is 0 Å². The molecule has 1 fully saturated rings. The molecule has 18 heavy (non-hydrogen) atoms. The summed E-state index contributed by atoms with van der Waals surface area (Å²) in [4.78, 5) is 0. The fourth-order valence-corrected chi connectivity index (χ4v) is 4.16. The van der Waals surface area contributed by atoms with Crippen LogP contribution in [-0.4, -0.2) is 26.0 Å². The van der Waals surface area contributed by atoms with Crippen molar-refractivity contribution in [3.63, 3.8) is 0 Å². The maximum Gasteiger partial charge on any atom is 0.152 e. The summed E-state index contributed by atoms with van der Waals surface area (Å²) in [6.45, 7) is 1.96. The monoisotopic (exact) mass is 335 g/mol. The molecule has 1 aromatic carbocycles. The van der Waals surface area contributed by atoms with Gasteiger partial charge in [-0.15, -0.1) is 0 Å². The van der Waals surface area contributed by atoms with E-state index in [0.717, 1.165) is 5.56 Å². The number of sulfone groups is 1. The number of nitrogens with one attached hydrogen (secondary N) is 1. The van der Waals surface area contributed by atoms with Crippen LogP contribution in [0.25, 0.3) is 0 Å². The van der Waals surface area contributed by atoms with Crippen molar-refractivity contribution in [3.8, 4) is 0 Å². The van der Waals surface area contributed by atoms with Crippen molar-refractivity contribution in [3.05, 3.63) is 34.1 Å². The Balaban J connectivity index is 2.32. The zero-order chi connectivity index (χ0) is 13.3. The van der Waals surface area contributed by atoms with Crippen molar-refractivity contribution in [1.29, 1.82) is 0 Å². The highest BCUT2D eigenvalue weighted by Gasteiger charge is 2.27. The summed E-state index contributed by atoms with van der Waals surface area (Å²) in [7, 11) is -3.04. The maximum absolute atomic E-state index is 13.2. The van der Waals surface area contributed by atoms with Gasteiger partial charge in [-0.05, 0) is 47.0 Å². The first-order chi connectivity index (χ1) is 8.37.